The Morgan fingerprint density at radius 3 is 2.63 bits per heavy atom. The largest absolute Gasteiger partial charge is 0.270 e. The first-order valence-electron chi connectivity index (χ1n) is 5.22. The highest BCUT2D eigenvalue weighted by Gasteiger charge is 2.27. The van der Waals surface area contributed by atoms with Gasteiger partial charge in [-0.1, -0.05) is 12.8 Å². The van der Waals surface area contributed by atoms with E-state index in [0.717, 1.165) is 16.4 Å². The molecule has 19 heavy (non-hydrogen) atoms. The van der Waals surface area contributed by atoms with Crippen molar-refractivity contribution in [1.29, 1.82) is 0 Å². The van der Waals surface area contributed by atoms with E-state index < -0.39 is 31.3 Å². The maximum atomic E-state index is 13.6. The lowest BCUT2D eigenvalue weighted by Gasteiger charge is -2.17. The van der Waals surface area contributed by atoms with Gasteiger partial charge in [0.05, 0.1) is 11.5 Å². The number of halogens is 1. The van der Waals surface area contributed by atoms with Crippen LogP contribution < -0.4 is 0 Å². The van der Waals surface area contributed by atoms with E-state index in [1.54, 1.807) is 0 Å². The van der Waals surface area contributed by atoms with E-state index in [1.165, 1.54) is 6.92 Å². The van der Waals surface area contributed by atoms with Crippen LogP contribution in [0.5, 0.6) is 0 Å². The number of rotatable bonds is 5. The molecular weight excluding hydrogens is 275 g/mol. The quantitative estimate of drug-likeness (QED) is 0.465. The lowest BCUT2D eigenvalue weighted by molar-refractivity contribution is -0.385. The summed E-state index contributed by atoms with van der Waals surface area (Å²) >= 11 is 0. The van der Waals surface area contributed by atoms with Gasteiger partial charge in [-0.2, -0.15) is 4.31 Å². The summed E-state index contributed by atoms with van der Waals surface area (Å²) in [5.74, 6) is 1.09. The molecule has 0 aliphatic carbocycles. The zero-order chi connectivity index (χ0) is 14.6. The maximum Gasteiger partial charge on any atom is 0.270 e. The van der Waals surface area contributed by atoms with Gasteiger partial charge in [-0.05, 0) is 6.07 Å². The SMILES string of the molecule is C#CCN(CC)S(=O)(=O)c1cc([N+](=O)[O-])ccc1F. The van der Waals surface area contributed by atoms with Crippen molar-refractivity contribution in [2.24, 2.45) is 0 Å². The van der Waals surface area contributed by atoms with Crippen LogP contribution in [0.15, 0.2) is 23.1 Å². The molecule has 0 unspecified atom stereocenters. The molecule has 1 aromatic rings. The van der Waals surface area contributed by atoms with Gasteiger partial charge in [0, 0.05) is 18.7 Å². The summed E-state index contributed by atoms with van der Waals surface area (Å²) in [6.07, 6.45) is 5.04. The highest BCUT2D eigenvalue weighted by molar-refractivity contribution is 7.89. The van der Waals surface area contributed by atoms with E-state index in [0.29, 0.717) is 6.07 Å². The van der Waals surface area contributed by atoms with Crippen molar-refractivity contribution in [3.8, 4) is 12.3 Å². The average molecular weight is 286 g/mol. The van der Waals surface area contributed by atoms with Gasteiger partial charge in [-0.15, -0.1) is 6.42 Å². The first-order chi connectivity index (χ1) is 8.84. The van der Waals surface area contributed by atoms with Crippen LogP contribution in [-0.2, 0) is 10.0 Å². The summed E-state index contributed by atoms with van der Waals surface area (Å²) in [5.41, 5.74) is -0.503. The summed E-state index contributed by atoms with van der Waals surface area (Å²) in [6.45, 7) is 1.33. The van der Waals surface area contributed by atoms with E-state index in [2.05, 4.69) is 5.92 Å². The van der Waals surface area contributed by atoms with Crippen molar-refractivity contribution in [3.63, 3.8) is 0 Å². The van der Waals surface area contributed by atoms with E-state index in [9.17, 15) is 22.9 Å². The summed E-state index contributed by atoms with van der Waals surface area (Å²) in [7, 11) is -4.19. The number of nitrogens with zero attached hydrogens (tertiary/aromatic N) is 2. The molecule has 8 heteroatoms. The van der Waals surface area contributed by atoms with Crippen LogP contribution in [0.2, 0.25) is 0 Å². The van der Waals surface area contributed by atoms with Crippen LogP contribution in [0.1, 0.15) is 6.92 Å². The Labute approximate surface area is 110 Å². The van der Waals surface area contributed by atoms with E-state index >= 15 is 0 Å². The van der Waals surface area contributed by atoms with E-state index in [1.807, 2.05) is 0 Å². The molecule has 0 aromatic heterocycles. The molecule has 0 heterocycles. The molecule has 1 aromatic carbocycles. The average Bonchev–Trinajstić information content (AvgIpc) is 2.35. The fourth-order valence-corrected chi connectivity index (χ4v) is 2.86. The minimum atomic E-state index is -4.19. The van der Waals surface area contributed by atoms with Crippen molar-refractivity contribution in [2.75, 3.05) is 13.1 Å². The number of nitro groups is 1. The third-order valence-electron chi connectivity index (χ3n) is 2.36. The normalized spacial score (nSPS) is 11.3. The predicted molar refractivity (Wildman–Crippen MR) is 66.3 cm³/mol. The number of benzene rings is 1. The first-order valence-corrected chi connectivity index (χ1v) is 6.66. The fraction of sp³-hybridized carbons (Fsp3) is 0.273. The molecule has 0 N–H and O–H groups in total. The van der Waals surface area contributed by atoms with Crippen LogP contribution in [0, 0.1) is 28.3 Å². The number of hydrogen-bond donors (Lipinski definition) is 0. The third kappa shape index (κ3) is 3.07. The van der Waals surface area contributed by atoms with Gasteiger partial charge in [-0.3, -0.25) is 10.1 Å². The smallest absolute Gasteiger partial charge is 0.258 e. The molecule has 0 aliphatic rings. The number of non-ortho nitro benzene ring substituents is 1. The Morgan fingerprint density at radius 2 is 2.16 bits per heavy atom. The lowest BCUT2D eigenvalue weighted by atomic mass is 10.3. The van der Waals surface area contributed by atoms with Crippen LogP contribution >= 0.6 is 0 Å². The van der Waals surface area contributed by atoms with Crippen LogP contribution in [-0.4, -0.2) is 30.7 Å². The molecule has 0 radical (unpaired) electrons. The van der Waals surface area contributed by atoms with Crippen molar-refractivity contribution in [1.82, 2.24) is 4.31 Å². The molecular formula is C11H11FN2O4S. The first kappa shape index (κ1) is 15.1. The number of sulfonamides is 1. The third-order valence-corrected chi connectivity index (χ3v) is 4.30. The van der Waals surface area contributed by atoms with Gasteiger partial charge in [0.25, 0.3) is 5.69 Å². The molecule has 0 spiro atoms. The number of hydrogen-bond acceptors (Lipinski definition) is 4. The summed E-state index contributed by atoms with van der Waals surface area (Å²) in [6, 6.07) is 2.32. The zero-order valence-corrected chi connectivity index (χ0v) is 10.9. The second kappa shape index (κ2) is 5.77. The highest BCUT2D eigenvalue weighted by Crippen LogP contribution is 2.23. The molecule has 1 rings (SSSR count). The lowest BCUT2D eigenvalue weighted by Crippen LogP contribution is -2.31. The van der Waals surface area contributed by atoms with Crippen molar-refractivity contribution < 1.29 is 17.7 Å². The molecule has 0 atom stereocenters. The minimum Gasteiger partial charge on any atom is -0.258 e. The molecule has 0 saturated carbocycles. The van der Waals surface area contributed by atoms with Gasteiger partial charge >= 0.3 is 0 Å². The molecule has 0 aliphatic heterocycles. The number of terminal acetylenes is 1. The molecule has 0 fully saturated rings. The van der Waals surface area contributed by atoms with Crippen LogP contribution in [0.4, 0.5) is 10.1 Å². The Hall–Kier alpha value is -1.98. The standard InChI is InChI=1S/C11H11FN2O4S/c1-3-7-13(4-2)19(17,18)11-8-9(14(15)16)5-6-10(11)12/h1,5-6,8H,4,7H2,2H3. The van der Waals surface area contributed by atoms with Crippen molar-refractivity contribution >= 4 is 15.7 Å². The highest BCUT2D eigenvalue weighted by atomic mass is 32.2. The molecule has 0 saturated heterocycles. The summed E-state index contributed by atoms with van der Waals surface area (Å²) in [4.78, 5) is 9.05. The van der Waals surface area contributed by atoms with Crippen LogP contribution in [0.25, 0.3) is 0 Å². The molecule has 6 nitrogen and oxygen atoms in total. The second-order valence-electron chi connectivity index (χ2n) is 3.51. The van der Waals surface area contributed by atoms with Crippen molar-refractivity contribution in [3.05, 3.63) is 34.1 Å². The van der Waals surface area contributed by atoms with Gasteiger partial charge in [0.15, 0.2) is 0 Å². The van der Waals surface area contributed by atoms with E-state index in [4.69, 9.17) is 6.42 Å². The predicted octanol–water partition coefficient (Wildman–Crippen LogP) is 1.38. The van der Waals surface area contributed by atoms with Gasteiger partial charge in [-0.25, -0.2) is 12.8 Å². The zero-order valence-electron chi connectivity index (χ0n) is 10.0. The maximum absolute atomic E-state index is 13.6. The van der Waals surface area contributed by atoms with Crippen LogP contribution in [0.3, 0.4) is 0 Å². The summed E-state index contributed by atoms with van der Waals surface area (Å²) < 4.78 is 38.7. The van der Waals surface area contributed by atoms with Gasteiger partial charge in [0.2, 0.25) is 10.0 Å². The monoisotopic (exact) mass is 286 g/mol. The van der Waals surface area contributed by atoms with Crippen molar-refractivity contribution in [2.45, 2.75) is 11.8 Å². The Bertz CT molecular complexity index is 637. The molecule has 0 amide bonds. The van der Waals surface area contributed by atoms with E-state index in [-0.39, 0.29) is 13.1 Å². The Kier molecular flexibility index (Phi) is 4.58. The second-order valence-corrected chi connectivity index (χ2v) is 5.41. The minimum absolute atomic E-state index is 0.0364. The fourth-order valence-electron chi connectivity index (χ4n) is 1.41. The molecule has 102 valence electrons. The Balaban J connectivity index is 3.39. The van der Waals surface area contributed by atoms with Gasteiger partial charge in [0.1, 0.15) is 10.7 Å². The number of nitro benzene ring substituents is 1. The molecule has 0 bridgehead atoms. The Morgan fingerprint density at radius 1 is 1.53 bits per heavy atom. The van der Waals surface area contributed by atoms with Gasteiger partial charge < -0.3 is 0 Å². The summed E-state index contributed by atoms with van der Waals surface area (Å²) in [5, 5.41) is 10.6. The topological polar surface area (TPSA) is 80.5 Å².